The molecular weight excluding hydrogens is 362 g/mol. The van der Waals surface area contributed by atoms with E-state index in [0.717, 1.165) is 29.8 Å². The van der Waals surface area contributed by atoms with Gasteiger partial charge < -0.3 is 5.32 Å². The zero-order chi connectivity index (χ0) is 19.6. The van der Waals surface area contributed by atoms with Crippen LogP contribution in [0.25, 0.3) is 17.1 Å². The van der Waals surface area contributed by atoms with Gasteiger partial charge in [0, 0.05) is 11.5 Å². The number of hydrogen-bond donors (Lipinski definition) is 1. The Balaban J connectivity index is 1.41. The third-order valence-corrected chi connectivity index (χ3v) is 4.90. The Kier molecular flexibility index (Phi) is 4.37. The van der Waals surface area contributed by atoms with Crippen molar-refractivity contribution < 1.29 is 4.79 Å². The fourth-order valence-electron chi connectivity index (χ4n) is 3.23. The van der Waals surface area contributed by atoms with Crippen LogP contribution in [0.15, 0.2) is 79.1 Å². The average Bonchev–Trinajstić information content (AvgIpc) is 3.53. The molecule has 6 nitrogen and oxygen atoms in total. The molecule has 0 radical (unpaired) electrons. The Morgan fingerprint density at radius 2 is 1.59 bits per heavy atom. The predicted octanol–water partition coefficient (Wildman–Crippen LogP) is 4.46. The van der Waals surface area contributed by atoms with Crippen molar-refractivity contribution in [3.63, 3.8) is 0 Å². The van der Waals surface area contributed by atoms with Gasteiger partial charge in [-0.25, -0.2) is 14.6 Å². The molecule has 1 saturated carbocycles. The topological polar surface area (TPSA) is 72.7 Å². The van der Waals surface area contributed by atoms with Crippen LogP contribution in [-0.4, -0.2) is 25.7 Å². The molecule has 1 aliphatic rings. The summed E-state index contributed by atoms with van der Waals surface area (Å²) in [4.78, 5) is 21.7. The first-order valence-electron chi connectivity index (χ1n) is 9.62. The molecule has 0 spiro atoms. The van der Waals surface area contributed by atoms with E-state index < -0.39 is 0 Å². The summed E-state index contributed by atoms with van der Waals surface area (Å²) in [5, 5.41) is 7.58. The first kappa shape index (κ1) is 17.3. The van der Waals surface area contributed by atoms with E-state index in [1.165, 1.54) is 0 Å². The highest BCUT2D eigenvalue weighted by Gasteiger charge is 2.29. The molecule has 0 bridgehead atoms. The summed E-state index contributed by atoms with van der Waals surface area (Å²) in [5.41, 5.74) is 3.81. The smallest absolute Gasteiger partial charge is 0.274 e. The van der Waals surface area contributed by atoms with Gasteiger partial charge in [0.2, 0.25) is 0 Å². The van der Waals surface area contributed by atoms with Crippen LogP contribution >= 0.6 is 0 Å². The van der Waals surface area contributed by atoms with Gasteiger partial charge in [0.1, 0.15) is 5.69 Å². The van der Waals surface area contributed by atoms with Crippen LogP contribution in [0.4, 0.5) is 5.69 Å². The van der Waals surface area contributed by atoms with Crippen LogP contribution in [0.5, 0.6) is 0 Å². The standard InChI is InChI=1S/C23H19N5O/c29-23(26-18-14-24-22(25-15-18)17-7-3-1-4-8-17)21-13-20(16-11-12-16)27-28(21)19-9-5-2-6-10-19/h1-10,13-16H,11-12H2,(H,26,29). The second-order valence-corrected chi connectivity index (χ2v) is 7.09. The molecule has 0 saturated heterocycles. The van der Waals surface area contributed by atoms with Gasteiger partial charge in [-0.1, -0.05) is 48.5 Å². The Morgan fingerprint density at radius 1 is 0.931 bits per heavy atom. The second-order valence-electron chi connectivity index (χ2n) is 7.09. The summed E-state index contributed by atoms with van der Waals surface area (Å²) >= 11 is 0. The molecular formula is C23H19N5O. The first-order valence-corrected chi connectivity index (χ1v) is 9.62. The number of amides is 1. The highest BCUT2D eigenvalue weighted by molar-refractivity contribution is 6.03. The van der Waals surface area contributed by atoms with Gasteiger partial charge in [-0.2, -0.15) is 5.10 Å². The lowest BCUT2D eigenvalue weighted by Gasteiger charge is -2.08. The molecule has 29 heavy (non-hydrogen) atoms. The second kappa shape index (κ2) is 7.31. The number of rotatable bonds is 5. The van der Waals surface area contributed by atoms with Crippen molar-refractivity contribution in [2.45, 2.75) is 18.8 Å². The number of carbonyl (C=O) groups is 1. The Bertz CT molecular complexity index is 1130. The van der Waals surface area contributed by atoms with E-state index in [1.807, 2.05) is 66.7 Å². The number of nitrogens with one attached hydrogen (secondary N) is 1. The quantitative estimate of drug-likeness (QED) is 0.554. The molecule has 6 heteroatoms. The summed E-state index contributed by atoms with van der Waals surface area (Å²) in [5.74, 6) is 0.846. The third-order valence-electron chi connectivity index (χ3n) is 4.90. The third kappa shape index (κ3) is 3.65. The fraction of sp³-hybridized carbons (Fsp3) is 0.130. The van der Waals surface area contributed by atoms with E-state index in [4.69, 9.17) is 0 Å². The molecule has 2 aromatic carbocycles. The Hall–Kier alpha value is -3.80. The lowest BCUT2D eigenvalue weighted by atomic mass is 10.2. The highest BCUT2D eigenvalue weighted by Crippen LogP contribution is 2.39. The van der Waals surface area contributed by atoms with Crippen molar-refractivity contribution >= 4 is 11.6 Å². The predicted molar refractivity (Wildman–Crippen MR) is 111 cm³/mol. The van der Waals surface area contributed by atoms with Crippen molar-refractivity contribution in [2.75, 3.05) is 5.32 Å². The summed E-state index contributed by atoms with van der Waals surface area (Å²) in [7, 11) is 0. The first-order chi connectivity index (χ1) is 14.3. The Morgan fingerprint density at radius 3 is 2.24 bits per heavy atom. The van der Waals surface area contributed by atoms with E-state index in [1.54, 1.807) is 17.1 Å². The largest absolute Gasteiger partial charge is 0.318 e. The molecule has 2 aromatic heterocycles. The van der Waals surface area contributed by atoms with Crippen LogP contribution in [0.2, 0.25) is 0 Å². The normalized spacial score (nSPS) is 13.2. The molecule has 1 N–H and O–H groups in total. The van der Waals surface area contributed by atoms with Gasteiger partial charge in [-0.05, 0) is 31.0 Å². The van der Waals surface area contributed by atoms with Gasteiger partial charge in [-0.15, -0.1) is 0 Å². The van der Waals surface area contributed by atoms with Crippen LogP contribution < -0.4 is 5.32 Å². The van der Waals surface area contributed by atoms with Crippen LogP contribution in [0.3, 0.4) is 0 Å². The molecule has 5 rings (SSSR count). The number of hydrogen-bond acceptors (Lipinski definition) is 4. The molecule has 2 heterocycles. The maximum atomic E-state index is 13.0. The number of anilines is 1. The Labute approximate surface area is 168 Å². The van der Waals surface area contributed by atoms with Gasteiger partial charge in [0.15, 0.2) is 5.82 Å². The number of carbonyl (C=O) groups excluding carboxylic acids is 1. The maximum absolute atomic E-state index is 13.0. The van der Waals surface area contributed by atoms with Crippen LogP contribution in [0.1, 0.15) is 34.9 Å². The van der Waals surface area contributed by atoms with Crippen molar-refractivity contribution in [2.24, 2.45) is 0 Å². The number of para-hydroxylation sites is 1. The lowest BCUT2D eigenvalue weighted by Crippen LogP contribution is -2.17. The fourth-order valence-corrected chi connectivity index (χ4v) is 3.23. The molecule has 142 valence electrons. The van der Waals surface area contributed by atoms with Gasteiger partial charge >= 0.3 is 0 Å². The summed E-state index contributed by atoms with van der Waals surface area (Å²) in [6.07, 6.45) is 5.50. The maximum Gasteiger partial charge on any atom is 0.274 e. The summed E-state index contributed by atoms with van der Waals surface area (Å²) in [6.45, 7) is 0. The van der Waals surface area contributed by atoms with Crippen molar-refractivity contribution in [3.8, 4) is 17.1 Å². The van der Waals surface area contributed by atoms with Gasteiger partial charge in [0.25, 0.3) is 5.91 Å². The number of aromatic nitrogens is 4. The average molecular weight is 381 g/mol. The number of nitrogens with zero attached hydrogens (tertiary/aromatic N) is 4. The van der Waals surface area contributed by atoms with Crippen molar-refractivity contribution in [3.05, 3.63) is 90.5 Å². The molecule has 0 atom stereocenters. The molecule has 0 aliphatic heterocycles. The van der Waals surface area contributed by atoms with E-state index in [9.17, 15) is 4.79 Å². The van der Waals surface area contributed by atoms with Crippen LogP contribution in [-0.2, 0) is 0 Å². The summed E-state index contributed by atoms with van der Waals surface area (Å²) in [6, 6.07) is 21.3. The zero-order valence-corrected chi connectivity index (χ0v) is 15.7. The highest BCUT2D eigenvalue weighted by atomic mass is 16.2. The SMILES string of the molecule is O=C(Nc1cnc(-c2ccccc2)nc1)c1cc(C2CC2)nn1-c1ccccc1. The lowest BCUT2D eigenvalue weighted by molar-refractivity contribution is 0.101. The van der Waals surface area contributed by atoms with E-state index in [-0.39, 0.29) is 5.91 Å². The van der Waals surface area contributed by atoms with Crippen LogP contribution in [0, 0.1) is 0 Å². The molecule has 0 unspecified atom stereocenters. The monoisotopic (exact) mass is 381 g/mol. The summed E-state index contributed by atoms with van der Waals surface area (Å²) < 4.78 is 1.71. The zero-order valence-electron chi connectivity index (χ0n) is 15.7. The minimum Gasteiger partial charge on any atom is -0.318 e. The van der Waals surface area contributed by atoms with E-state index in [2.05, 4.69) is 20.4 Å². The minimum absolute atomic E-state index is 0.232. The van der Waals surface area contributed by atoms with Crippen molar-refractivity contribution in [1.29, 1.82) is 0 Å². The molecule has 1 fully saturated rings. The molecule has 1 amide bonds. The van der Waals surface area contributed by atoms with Gasteiger partial charge in [-0.3, -0.25) is 4.79 Å². The van der Waals surface area contributed by atoms with Crippen molar-refractivity contribution in [1.82, 2.24) is 19.7 Å². The number of benzene rings is 2. The van der Waals surface area contributed by atoms with E-state index >= 15 is 0 Å². The minimum atomic E-state index is -0.232. The molecule has 4 aromatic rings. The molecule has 1 aliphatic carbocycles. The van der Waals surface area contributed by atoms with E-state index in [0.29, 0.717) is 23.1 Å². The van der Waals surface area contributed by atoms with Gasteiger partial charge in [0.05, 0.1) is 29.5 Å².